The monoisotopic (exact) mass is 481 g/mol. The number of hydrogen-bond donors (Lipinski definition) is 2. The van der Waals surface area contributed by atoms with E-state index in [9.17, 15) is 14.7 Å². The molecule has 1 amide bonds. The second-order valence-corrected chi connectivity index (χ2v) is 8.50. The second-order valence-electron chi connectivity index (χ2n) is 7.68. The van der Waals surface area contributed by atoms with Crippen molar-refractivity contribution >= 4 is 40.0 Å². The molecule has 168 valence electrons. The highest BCUT2D eigenvalue weighted by Crippen LogP contribution is 2.25. The predicted octanol–water partition coefficient (Wildman–Crippen LogP) is 4.98. The lowest BCUT2D eigenvalue weighted by Crippen LogP contribution is -2.28. The standard InChI is InChI=1S/C25H21Cl2N3O3/c1-30-22(17-12-16-6-2-3-7-21(16)29-14-17)13-18(23(31)25(30)33)24(32)28-10-4-5-15-8-9-19(26)20(27)11-15/h2-3,6-9,11-14,31H,4-5,10H2,1H3,(H,28,32). The minimum atomic E-state index is -0.651. The predicted molar refractivity (Wildman–Crippen MR) is 131 cm³/mol. The van der Waals surface area contributed by atoms with Crippen LogP contribution < -0.4 is 10.9 Å². The Morgan fingerprint density at radius 3 is 2.67 bits per heavy atom. The number of nitrogens with one attached hydrogen (secondary N) is 1. The SMILES string of the molecule is Cn1c(-c2cnc3ccccc3c2)cc(C(=O)NCCCc2ccc(Cl)c(Cl)c2)c(O)c1=O. The van der Waals surface area contributed by atoms with Gasteiger partial charge >= 0.3 is 0 Å². The molecule has 0 bridgehead atoms. The maximum absolute atomic E-state index is 12.8. The van der Waals surface area contributed by atoms with Gasteiger partial charge in [0, 0.05) is 30.7 Å². The normalized spacial score (nSPS) is 11.0. The summed E-state index contributed by atoms with van der Waals surface area (Å²) < 4.78 is 1.31. The first-order valence-corrected chi connectivity index (χ1v) is 11.1. The van der Waals surface area contributed by atoms with Crippen molar-refractivity contribution in [3.8, 4) is 17.0 Å². The topological polar surface area (TPSA) is 84.2 Å². The summed E-state index contributed by atoms with van der Waals surface area (Å²) >= 11 is 12.0. The van der Waals surface area contributed by atoms with E-state index in [0.29, 0.717) is 40.7 Å². The number of aryl methyl sites for hydroxylation is 1. The van der Waals surface area contributed by atoms with Gasteiger partial charge in [-0.2, -0.15) is 0 Å². The molecular weight excluding hydrogens is 461 g/mol. The Morgan fingerprint density at radius 1 is 1.09 bits per heavy atom. The van der Waals surface area contributed by atoms with Crippen molar-refractivity contribution in [2.75, 3.05) is 6.54 Å². The van der Waals surface area contributed by atoms with Gasteiger partial charge in [0.25, 0.3) is 11.5 Å². The van der Waals surface area contributed by atoms with Gasteiger partial charge in [-0.05, 0) is 48.7 Å². The first-order chi connectivity index (χ1) is 15.8. The van der Waals surface area contributed by atoms with E-state index >= 15 is 0 Å². The van der Waals surface area contributed by atoms with Crippen LogP contribution in [-0.4, -0.2) is 27.1 Å². The Kier molecular flexibility index (Phi) is 6.67. The Morgan fingerprint density at radius 2 is 1.88 bits per heavy atom. The van der Waals surface area contributed by atoms with Crippen LogP contribution in [-0.2, 0) is 13.5 Å². The maximum atomic E-state index is 12.8. The van der Waals surface area contributed by atoms with Crippen LogP contribution in [0.2, 0.25) is 10.0 Å². The first-order valence-electron chi connectivity index (χ1n) is 10.4. The number of carbonyl (C=O) groups excluding carboxylic acids is 1. The lowest BCUT2D eigenvalue weighted by Gasteiger charge is -2.13. The number of fused-ring (bicyclic) bond motifs is 1. The van der Waals surface area contributed by atoms with Crippen LogP contribution in [0, 0.1) is 0 Å². The summed E-state index contributed by atoms with van der Waals surface area (Å²) in [6, 6.07) is 16.4. The Hall–Kier alpha value is -3.35. The molecule has 6 nitrogen and oxygen atoms in total. The average Bonchev–Trinajstić information content (AvgIpc) is 2.82. The fourth-order valence-corrected chi connectivity index (χ4v) is 3.95. The molecule has 4 aromatic rings. The minimum Gasteiger partial charge on any atom is -0.502 e. The van der Waals surface area contributed by atoms with E-state index in [-0.39, 0.29) is 5.56 Å². The molecule has 0 fully saturated rings. The lowest BCUT2D eigenvalue weighted by molar-refractivity contribution is 0.0950. The lowest BCUT2D eigenvalue weighted by atomic mass is 10.1. The van der Waals surface area contributed by atoms with Gasteiger partial charge in [-0.1, -0.05) is 47.5 Å². The zero-order chi connectivity index (χ0) is 23.5. The van der Waals surface area contributed by atoms with Gasteiger partial charge in [0.2, 0.25) is 0 Å². The number of benzene rings is 2. The van der Waals surface area contributed by atoms with E-state index in [1.54, 1.807) is 25.4 Å². The molecule has 8 heteroatoms. The van der Waals surface area contributed by atoms with Crippen LogP contribution in [0.4, 0.5) is 0 Å². The van der Waals surface area contributed by atoms with Gasteiger partial charge in [-0.3, -0.25) is 14.6 Å². The van der Waals surface area contributed by atoms with Gasteiger partial charge in [0.15, 0.2) is 5.75 Å². The van der Waals surface area contributed by atoms with Crippen molar-refractivity contribution in [1.82, 2.24) is 14.9 Å². The molecule has 0 spiro atoms. The van der Waals surface area contributed by atoms with Crippen molar-refractivity contribution in [3.63, 3.8) is 0 Å². The molecule has 0 aliphatic heterocycles. The van der Waals surface area contributed by atoms with Crippen LogP contribution in [0.15, 0.2) is 65.6 Å². The molecule has 0 aliphatic carbocycles. The molecule has 0 atom stereocenters. The Balaban J connectivity index is 1.53. The fourth-order valence-electron chi connectivity index (χ4n) is 3.63. The Labute approximate surface area is 200 Å². The third-order valence-corrected chi connectivity index (χ3v) is 6.19. The van der Waals surface area contributed by atoms with Crippen LogP contribution in [0.5, 0.6) is 5.75 Å². The van der Waals surface area contributed by atoms with Gasteiger partial charge in [-0.25, -0.2) is 0 Å². The van der Waals surface area contributed by atoms with E-state index in [1.165, 1.54) is 10.6 Å². The van der Waals surface area contributed by atoms with Crippen molar-refractivity contribution in [1.29, 1.82) is 0 Å². The van der Waals surface area contributed by atoms with Crippen molar-refractivity contribution < 1.29 is 9.90 Å². The van der Waals surface area contributed by atoms with Crippen LogP contribution in [0.25, 0.3) is 22.2 Å². The number of pyridine rings is 2. The molecule has 0 radical (unpaired) electrons. The minimum absolute atomic E-state index is 0.0733. The molecule has 4 rings (SSSR count). The number of amides is 1. The summed E-state index contributed by atoms with van der Waals surface area (Å²) in [6.45, 7) is 0.362. The number of nitrogens with zero attached hydrogens (tertiary/aromatic N) is 2. The van der Waals surface area contributed by atoms with E-state index in [1.807, 2.05) is 36.4 Å². The smallest absolute Gasteiger partial charge is 0.293 e. The van der Waals surface area contributed by atoms with E-state index in [2.05, 4.69) is 10.3 Å². The number of aromatic hydroxyl groups is 1. The number of rotatable bonds is 6. The van der Waals surface area contributed by atoms with Crippen LogP contribution in [0.1, 0.15) is 22.3 Å². The number of carbonyl (C=O) groups is 1. The van der Waals surface area contributed by atoms with E-state index < -0.39 is 17.2 Å². The number of halogens is 2. The molecule has 2 heterocycles. The highest BCUT2D eigenvalue weighted by molar-refractivity contribution is 6.42. The molecule has 0 saturated heterocycles. The largest absolute Gasteiger partial charge is 0.502 e. The highest BCUT2D eigenvalue weighted by Gasteiger charge is 2.19. The second kappa shape index (κ2) is 9.65. The maximum Gasteiger partial charge on any atom is 0.293 e. The summed E-state index contributed by atoms with van der Waals surface area (Å²) in [6.07, 6.45) is 2.98. The zero-order valence-electron chi connectivity index (χ0n) is 17.8. The molecular formula is C25H21Cl2N3O3. The highest BCUT2D eigenvalue weighted by atomic mass is 35.5. The number of hydrogen-bond acceptors (Lipinski definition) is 4. The Bertz CT molecular complexity index is 1420. The third-order valence-electron chi connectivity index (χ3n) is 5.45. The fraction of sp³-hybridized carbons (Fsp3) is 0.160. The summed E-state index contributed by atoms with van der Waals surface area (Å²) in [5, 5.41) is 15.0. The number of para-hydroxylation sites is 1. The summed E-state index contributed by atoms with van der Waals surface area (Å²) in [4.78, 5) is 29.8. The molecule has 0 saturated carbocycles. The molecule has 2 aromatic heterocycles. The molecule has 33 heavy (non-hydrogen) atoms. The quantitative estimate of drug-likeness (QED) is 0.380. The van der Waals surface area contributed by atoms with Crippen LogP contribution >= 0.6 is 23.2 Å². The first kappa shape index (κ1) is 22.8. The van der Waals surface area contributed by atoms with Gasteiger partial charge < -0.3 is 15.0 Å². The van der Waals surface area contributed by atoms with Gasteiger partial charge in [0.05, 0.1) is 26.8 Å². The van der Waals surface area contributed by atoms with Crippen molar-refractivity contribution in [2.45, 2.75) is 12.8 Å². The van der Waals surface area contributed by atoms with Crippen LogP contribution in [0.3, 0.4) is 0 Å². The third kappa shape index (κ3) is 4.87. The summed E-state index contributed by atoms with van der Waals surface area (Å²) in [7, 11) is 1.55. The van der Waals surface area contributed by atoms with E-state index in [4.69, 9.17) is 23.2 Å². The molecule has 0 aliphatic rings. The molecule has 2 aromatic carbocycles. The molecule has 0 unspecified atom stereocenters. The van der Waals surface area contributed by atoms with Gasteiger partial charge in [-0.15, -0.1) is 0 Å². The zero-order valence-corrected chi connectivity index (χ0v) is 19.3. The average molecular weight is 482 g/mol. The summed E-state index contributed by atoms with van der Waals surface area (Å²) in [5.74, 6) is -1.11. The number of aromatic nitrogens is 2. The summed E-state index contributed by atoms with van der Waals surface area (Å²) in [5.41, 5.74) is 2.25. The van der Waals surface area contributed by atoms with Crippen molar-refractivity contribution in [2.24, 2.45) is 7.05 Å². The van der Waals surface area contributed by atoms with Gasteiger partial charge in [0.1, 0.15) is 0 Å². The van der Waals surface area contributed by atoms with E-state index in [0.717, 1.165) is 16.5 Å². The van der Waals surface area contributed by atoms with Crippen molar-refractivity contribution in [3.05, 3.63) is 92.3 Å². The molecule has 2 N–H and O–H groups in total.